The molecule has 10 heteroatoms. The lowest BCUT2D eigenvalue weighted by molar-refractivity contribution is -0.155. The Morgan fingerprint density at radius 2 is 1.81 bits per heavy atom. The standard InChI is InChI=1S/C32H36ClF2N3O4/c1-20-10-12-24(30(34)35)25(18-20)23-13-15-27(31(39)37-42-32(40)21-8-5-4-6-9-21)36-29(23)22-11-14-26(33)28(19-22)41-17-7-16-38(2)3/h10-15,18-19,21,30H,4-9,16-17H2,1-3H3,(H,37,39). The molecule has 3 aromatic rings. The Hall–Kier alpha value is -3.56. The van der Waals surface area contributed by atoms with Crippen LogP contribution in [0.2, 0.25) is 5.02 Å². The number of rotatable bonds is 10. The van der Waals surface area contributed by atoms with Gasteiger partial charge in [-0.2, -0.15) is 5.48 Å². The van der Waals surface area contributed by atoms with Crippen molar-refractivity contribution < 1.29 is 27.9 Å². The molecule has 7 nitrogen and oxygen atoms in total. The van der Waals surface area contributed by atoms with Gasteiger partial charge in [-0.15, -0.1) is 0 Å². The highest BCUT2D eigenvalue weighted by Crippen LogP contribution is 2.39. The van der Waals surface area contributed by atoms with Crippen LogP contribution in [0.3, 0.4) is 0 Å². The number of carbonyl (C=O) groups excluding carboxylic acids is 2. The fourth-order valence-corrected chi connectivity index (χ4v) is 5.18. The van der Waals surface area contributed by atoms with Crippen LogP contribution in [0.1, 0.15) is 66.6 Å². The minimum Gasteiger partial charge on any atom is -0.492 e. The first-order chi connectivity index (χ1) is 20.1. The van der Waals surface area contributed by atoms with Crippen molar-refractivity contribution in [3.63, 3.8) is 0 Å². The van der Waals surface area contributed by atoms with Crippen molar-refractivity contribution in [2.24, 2.45) is 5.92 Å². The molecule has 4 rings (SSSR count). The van der Waals surface area contributed by atoms with Crippen LogP contribution in [0.15, 0.2) is 48.5 Å². The fraction of sp³-hybridized carbons (Fsp3) is 0.406. The number of pyridine rings is 1. The minimum atomic E-state index is -2.73. The van der Waals surface area contributed by atoms with Crippen LogP contribution in [0.25, 0.3) is 22.4 Å². The van der Waals surface area contributed by atoms with E-state index in [1.54, 1.807) is 36.4 Å². The maximum atomic E-state index is 14.1. The van der Waals surface area contributed by atoms with Gasteiger partial charge in [0.2, 0.25) is 0 Å². The highest BCUT2D eigenvalue weighted by Gasteiger charge is 2.25. The monoisotopic (exact) mass is 599 g/mol. The Morgan fingerprint density at radius 1 is 1.05 bits per heavy atom. The second-order valence-electron chi connectivity index (χ2n) is 10.8. The number of halogens is 3. The molecule has 0 atom stereocenters. The molecule has 42 heavy (non-hydrogen) atoms. The van der Waals surface area contributed by atoms with Gasteiger partial charge in [-0.3, -0.25) is 4.79 Å². The van der Waals surface area contributed by atoms with E-state index in [9.17, 15) is 18.4 Å². The normalized spacial score (nSPS) is 13.8. The molecule has 1 saturated carbocycles. The number of hydroxylamine groups is 1. The van der Waals surface area contributed by atoms with Gasteiger partial charge in [-0.1, -0.05) is 60.7 Å². The average molecular weight is 600 g/mol. The van der Waals surface area contributed by atoms with Gasteiger partial charge >= 0.3 is 11.9 Å². The van der Waals surface area contributed by atoms with Crippen molar-refractivity contribution in [1.82, 2.24) is 15.4 Å². The number of amides is 1. The summed E-state index contributed by atoms with van der Waals surface area (Å²) < 4.78 is 34.1. The van der Waals surface area contributed by atoms with Crippen molar-refractivity contribution in [3.05, 3.63) is 70.4 Å². The largest absolute Gasteiger partial charge is 0.492 e. The molecule has 2 aromatic carbocycles. The SMILES string of the molecule is Cc1ccc(C(F)F)c(-c2ccc(C(=O)NOC(=O)C3CCCCC3)nc2-c2ccc(Cl)c(OCCCN(C)C)c2)c1. The minimum absolute atomic E-state index is 0.0418. The zero-order valence-electron chi connectivity index (χ0n) is 24.1. The van der Waals surface area contributed by atoms with E-state index in [-0.39, 0.29) is 22.9 Å². The molecule has 0 bridgehead atoms. The van der Waals surface area contributed by atoms with Gasteiger partial charge in [0.1, 0.15) is 11.4 Å². The van der Waals surface area contributed by atoms with Gasteiger partial charge in [0.05, 0.1) is 23.2 Å². The first-order valence-corrected chi connectivity index (χ1v) is 14.5. The highest BCUT2D eigenvalue weighted by atomic mass is 35.5. The molecule has 1 N–H and O–H groups in total. The lowest BCUT2D eigenvalue weighted by Crippen LogP contribution is -2.31. The van der Waals surface area contributed by atoms with Crippen molar-refractivity contribution in [1.29, 1.82) is 0 Å². The molecule has 1 heterocycles. The summed E-state index contributed by atoms with van der Waals surface area (Å²) in [4.78, 5) is 37.2. The number of hydrogen-bond acceptors (Lipinski definition) is 6. The Kier molecular flexibility index (Phi) is 10.9. The second kappa shape index (κ2) is 14.6. The molecule has 0 saturated heterocycles. The van der Waals surface area contributed by atoms with Crippen molar-refractivity contribution in [3.8, 4) is 28.1 Å². The van der Waals surface area contributed by atoms with Crippen LogP contribution in [0.4, 0.5) is 8.78 Å². The number of aromatic nitrogens is 1. The summed E-state index contributed by atoms with van der Waals surface area (Å²) in [5.41, 5.74) is 4.32. The lowest BCUT2D eigenvalue weighted by Gasteiger charge is -2.19. The summed E-state index contributed by atoms with van der Waals surface area (Å²) in [6.45, 7) is 3.06. The van der Waals surface area contributed by atoms with Crippen LogP contribution in [0, 0.1) is 12.8 Å². The number of aryl methyl sites for hydroxylation is 1. The Bertz CT molecular complexity index is 1410. The van der Waals surface area contributed by atoms with Crippen LogP contribution in [0.5, 0.6) is 5.75 Å². The van der Waals surface area contributed by atoms with Crippen molar-refractivity contribution >= 4 is 23.5 Å². The molecular weight excluding hydrogens is 564 g/mol. The lowest BCUT2D eigenvalue weighted by atomic mass is 9.89. The van der Waals surface area contributed by atoms with Crippen LogP contribution in [-0.2, 0) is 9.63 Å². The first kappa shape index (κ1) is 31.4. The highest BCUT2D eigenvalue weighted by molar-refractivity contribution is 6.32. The molecule has 1 aliphatic carbocycles. The van der Waals surface area contributed by atoms with Crippen molar-refractivity contribution in [2.45, 2.75) is 51.9 Å². The number of ether oxygens (including phenoxy) is 1. The van der Waals surface area contributed by atoms with E-state index >= 15 is 0 Å². The van der Waals surface area contributed by atoms with Crippen molar-refractivity contribution in [2.75, 3.05) is 27.2 Å². The van der Waals surface area contributed by atoms with E-state index in [4.69, 9.17) is 21.2 Å². The van der Waals surface area contributed by atoms with Gasteiger partial charge in [-0.25, -0.2) is 18.6 Å². The topological polar surface area (TPSA) is 80.8 Å². The number of alkyl halides is 2. The van der Waals surface area contributed by atoms with E-state index in [2.05, 4.69) is 10.5 Å². The Labute approximate surface area is 250 Å². The summed E-state index contributed by atoms with van der Waals surface area (Å²) in [5.74, 6) is -1.03. The molecule has 0 aliphatic heterocycles. The summed E-state index contributed by atoms with van der Waals surface area (Å²) in [6.07, 6.45) is 2.47. The third kappa shape index (κ3) is 8.04. The maximum absolute atomic E-state index is 14.1. The zero-order valence-corrected chi connectivity index (χ0v) is 24.8. The van der Waals surface area contributed by atoms with Gasteiger partial charge in [0, 0.05) is 23.2 Å². The molecule has 224 valence electrons. The van der Waals surface area contributed by atoms with Gasteiger partial charge in [0.25, 0.3) is 6.43 Å². The number of nitrogens with zero attached hydrogens (tertiary/aromatic N) is 2. The smallest absolute Gasteiger partial charge is 0.335 e. The second-order valence-corrected chi connectivity index (χ2v) is 11.2. The van der Waals surface area contributed by atoms with Gasteiger partial charge in [-0.05, 0) is 70.1 Å². The zero-order chi connectivity index (χ0) is 30.2. The van der Waals surface area contributed by atoms with Gasteiger partial charge < -0.3 is 14.5 Å². The third-order valence-corrected chi connectivity index (χ3v) is 7.57. The summed E-state index contributed by atoms with van der Waals surface area (Å²) in [7, 11) is 3.94. The quantitative estimate of drug-likeness (QED) is 0.193. The summed E-state index contributed by atoms with van der Waals surface area (Å²) in [6, 6.07) is 12.7. The summed E-state index contributed by atoms with van der Waals surface area (Å²) in [5, 5.41) is 0.387. The Morgan fingerprint density at radius 3 is 2.52 bits per heavy atom. The predicted octanol–water partition coefficient (Wildman–Crippen LogP) is 7.41. The summed E-state index contributed by atoms with van der Waals surface area (Å²) >= 11 is 6.42. The van der Waals surface area contributed by atoms with Crippen LogP contribution >= 0.6 is 11.6 Å². The molecule has 0 unspecified atom stereocenters. The van der Waals surface area contributed by atoms with E-state index < -0.39 is 18.3 Å². The molecular formula is C32H36ClF2N3O4. The molecule has 1 aromatic heterocycles. The molecule has 1 fully saturated rings. The van der Waals surface area contributed by atoms with E-state index in [1.807, 2.05) is 25.9 Å². The molecule has 0 spiro atoms. The number of hydrogen-bond donors (Lipinski definition) is 1. The molecule has 1 amide bonds. The third-order valence-electron chi connectivity index (χ3n) is 7.26. The van der Waals surface area contributed by atoms with E-state index in [0.717, 1.165) is 50.6 Å². The van der Waals surface area contributed by atoms with E-state index in [0.29, 0.717) is 34.1 Å². The number of carbonyl (C=O) groups is 2. The number of nitrogens with one attached hydrogen (secondary N) is 1. The maximum Gasteiger partial charge on any atom is 0.335 e. The van der Waals surface area contributed by atoms with E-state index in [1.165, 1.54) is 12.1 Å². The predicted molar refractivity (Wildman–Crippen MR) is 159 cm³/mol. The fourth-order valence-electron chi connectivity index (χ4n) is 5.01. The number of benzene rings is 2. The average Bonchev–Trinajstić information content (AvgIpc) is 2.98. The Balaban J connectivity index is 1.69. The van der Waals surface area contributed by atoms with Crippen LogP contribution in [-0.4, -0.2) is 49.0 Å². The first-order valence-electron chi connectivity index (χ1n) is 14.1. The van der Waals surface area contributed by atoms with Gasteiger partial charge in [0.15, 0.2) is 0 Å². The molecule has 0 radical (unpaired) electrons. The van der Waals surface area contributed by atoms with Crippen LogP contribution < -0.4 is 10.2 Å². The molecule has 1 aliphatic rings.